The van der Waals surface area contributed by atoms with Crippen LogP contribution in [0.15, 0.2) is 95.9 Å². The van der Waals surface area contributed by atoms with E-state index in [0.29, 0.717) is 21.9 Å². The molecule has 1 aliphatic heterocycles. The smallest absolute Gasteiger partial charge is 0.293 e. The summed E-state index contributed by atoms with van der Waals surface area (Å²) in [5, 5.41) is 4.65. The van der Waals surface area contributed by atoms with Crippen molar-refractivity contribution in [1.82, 2.24) is 4.90 Å². The molecule has 184 valence electrons. The van der Waals surface area contributed by atoms with Crippen LogP contribution in [0.1, 0.15) is 16.7 Å². The number of aryl methyl sites for hydroxylation is 1. The van der Waals surface area contributed by atoms with E-state index in [1.54, 1.807) is 24.3 Å². The van der Waals surface area contributed by atoms with Crippen LogP contribution in [0.2, 0.25) is 0 Å². The second-order valence-electron chi connectivity index (χ2n) is 8.69. The molecular formula is C30H24N2O4S. The van der Waals surface area contributed by atoms with Gasteiger partial charge in [0.05, 0.1) is 11.4 Å². The number of fused-ring (bicyclic) bond motifs is 1. The van der Waals surface area contributed by atoms with Crippen molar-refractivity contribution in [2.24, 2.45) is 0 Å². The predicted molar refractivity (Wildman–Crippen MR) is 147 cm³/mol. The van der Waals surface area contributed by atoms with Crippen molar-refractivity contribution in [3.05, 3.63) is 113 Å². The molecule has 1 N–H and O–H groups in total. The Morgan fingerprint density at radius 2 is 1.70 bits per heavy atom. The first-order valence-corrected chi connectivity index (χ1v) is 12.6. The van der Waals surface area contributed by atoms with E-state index in [1.807, 2.05) is 79.7 Å². The van der Waals surface area contributed by atoms with Gasteiger partial charge >= 0.3 is 0 Å². The number of anilines is 1. The number of ether oxygens (including phenoxy) is 1. The van der Waals surface area contributed by atoms with Gasteiger partial charge in [-0.15, -0.1) is 0 Å². The summed E-state index contributed by atoms with van der Waals surface area (Å²) < 4.78 is 5.76. The Bertz CT molecular complexity index is 1550. The van der Waals surface area contributed by atoms with Gasteiger partial charge in [-0.05, 0) is 70.9 Å². The van der Waals surface area contributed by atoms with Crippen molar-refractivity contribution in [2.45, 2.75) is 13.5 Å². The van der Waals surface area contributed by atoms with Crippen molar-refractivity contribution in [3.63, 3.8) is 0 Å². The van der Waals surface area contributed by atoms with E-state index in [0.717, 1.165) is 33.7 Å². The Morgan fingerprint density at radius 3 is 2.54 bits per heavy atom. The van der Waals surface area contributed by atoms with Gasteiger partial charge in [0.1, 0.15) is 5.75 Å². The molecule has 6 nitrogen and oxygen atoms in total. The number of imide groups is 1. The number of benzene rings is 4. The van der Waals surface area contributed by atoms with E-state index in [-0.39, 0.29) is 30.2 Å². The highest BCUT2D eigenvalue weighted by Gasteiger charge is 2.35. The number of hydrogen-bond donors (Lipinski definition) is 1. The summed E-state index contributed by atoms with van der Waals surface area (Å²) in [6.45, 7) is 1.96. The maximum absolute atomic E-state index is 13.1. The number of thioether (sulfide) groups is 1. The molecule has 1 aliphatic rings. The summed E-state index contributed by atoms with van der Waals surface area (Å²) in [4.78, 5) is 39.7. The molecule has 3 amide bonds. The second-order valence-corrected chi connectivity index (χ2v) is 9.69. The fourth-order valence-electron chi connectivity index (χ4n) is 4.09. The molecule has 0 radical (unpaired) electrons. The predicted octanol–water partition coefficient (Wildman–Crippen LogP) is 6.40. The van der Waals surface area contributed by atoms with Crippen LogP contribution >= 0.6 is 11.8 Å². The van der Waals surface area contributed by atoms with Gasteiger partial charge in [0, 0.05) is 11.3 Å². The molecule has 7 heteroatoms. The van der Waals surface area contributed by atoms with Crippen molar-refractivity contribution in [2.75, 3.05) is 11.9 Å². The number of hydrogen-bond acceptors (Lipinski definition) is 5. The minimum atomic E-state index is -0.352. The zero-order chi connectivity index (χ0) is 25.8. The molecule has 1 saturated heterocycles. The number of carbonyl (C=O) groups is 3. The van der Waals surface area contributed by atoms with E-state index >= 15 is 0 Å². The first kappa shape index (κ1) is 24.3. The normalized spacial score (nSPS) is 14.4. The van der Waals surface area contributed by atoms with Crippen LogP contribution < -0.4 is 10.1 Å². The number of carbonyl (C=O) groups excluding carboxylic acids is 3. The highest BCUT2D eigenvalue weighted by atomic mass is 32.2. The zero-order valence-electron chi connectivity index (χ0n) is 20.1. The second kappa shape index (κ2) is 10.7. The number of nitrogens with zero attached hydrogens (tertiary/aromatic N) is 1. The third-order valence-corrected chi connectivity index (χ3v) is 6.80. The number of nitrogens with one attached hydrogen (secondary N) is 1. The van der Waals surface area contributed by atoms with Crippen LogP contribution in [0.5, 0.6) is 5.75 Å². The highest BCUT2D eigenvalue weighted by Crippen LogP contribution is 2.35. The lowest BCUT2D eigenvalue weighted by Gasteiger charge is -2.13. The Morgan fingerprint density at radius 1 is 0.919 bits per heavy atom. The molecule has 4 aromatic carbocycles. The number of rotatable bonds is 7. The molecule has 0 aromatic heterocycles. The Kier molecular flexibility index (Phi) is 7.05. The van der Waals surface area contributed by atoms with Gasteiger partial charge in [-0.3, -0.25) is 19.3 Å². The van der Waals surface area contributed by atoms with E-state index in [2.05, 4.69) is 5.32 Å². The van der Waals surface area contributed by atoms with Gasteiger partial charge in [0.15, 0.2) is 6.61 Å². The molecule has 37 heavy (non-hydrogen) atoms. The molecule has 0 atom stereocenters. The van der Waals surface area contributed by atoms with E-state index < -0.39 is 0 Å². The monoisotopic (exact) mass is 508 g/mol. The fourth-order valence-corrected chi connectivity index (χ4v) is 4.92. The molecule has 5 rings (SSSR count). The average Bonchev–Trinajstić information content (AvgIpc) is 3.15. The summed E-state index contributed by atoms with van der Waals surface area (Å²) >= 11 is 0.899. The van der Waals surface area contributed by atoms with Gasteiger partial charge in [-0.25, -0.2) is 0 Å². The molecule has 1 fully saturated rings. The largest absolute Gasteiger partial charge is 0.483 e. The summed E-state index contributed by atoms with van der Waals surface area (Å²) in [6, 6.07) is 28.5. The van der Waals surface area contributed by atoms with Gasteiger partial charge in [0.25, 0.3) is 17.1 Å². The van der Waals surface area contributed by atoms with Crippen LogP contribution in [0.4, 0.5) is 10.5 Å². The quantitative estimate of drug-likeness (QED) is 0.292. The van der Waals surface area contributed by atoms with Crippen molar-refractivity contribution >= 4 is 51.4 Å². The summed E-state index contributed by atoms with van der Waals surface area (Å²) in [5.74, 6) is -0.200. The summed E-state index contributed by atoms with van der Waals surface area (Å²) in [6.07, 6.45) is 1.64. The van der Waals surface area contributed by atoms with Crippen LogP contribution in [0, 0.1) is 6.92 Å². The third-order valence-electron chi connectivity index (χ3n) is 5.89. The van der Waals surface area contributed by atoms with Crippen LogP contribution in [-0.2, 0) is 16.1 Å². The topological polar surface area (TPSA) is 75.7 Å². The van der Waals surface area contributed by atoms with E-state index in [9.17, 15) is 14.4 Å². The average molecular weight is 509 g/mol. The molecule has 0 aliphatic carbocycles. The van der Waals surface area contributed by atoms with Crippen LogP contribution in [0.3, 0.4) is 0 Å². The first-order chi connectivity index (χ1) is 18.0. The number of amides is 3. The van der Waals surface area contributed by atoms with E-state index in [1.165, 1.54) is 4.90 Å². The Labute approximate surface area is 218 Å². The van der Waals surface area contributed by atoms with Gasteiger partial charge in [-0.2, -0.15) is 0 Å². The minimum absolute atomic E-state index is 0.192. The Hall–Kier alpha value is -4.36. The van der Waals surface area contributed by atoms with Crippen LogP contribution in [0.25, 0.3) is 16.8 Å². The SMILES string of the molecule is Cc1cccc(NC(=O)COc2ccccc2/C=C2\SC(=O)N(Cc3ccc4ccccc4c3)C2=O)c1. The lowest BCUT2D eigenvalue weighted by Crippen LogP contribution is -2.27. The third kappa shape index (κ3) is 5.73. The molecule has 1 heterocycles. The van der Waals surface area contributed by atoms with Gasteiger partial charge in [-0.1, -0.05) is 66.7 Å². The fraction of sp³-hybridized carbons (Fsp3) is 0.100. The molecule has 0 bridgehead atoms. The van der Waals surface area contributed by atoms with E-state index in [4.69, 9.17) is 4.74 Å². The van der Waals surface area contributed by atoms with Crippen molar-refractivity contribution < 1.29 is 19.1 Å². The maximum atomic E-state index is 13.1. The molecule has 0 unspecified atom stereocenters. The standard InChI is InChI=1S/C30H24N2O4S/c1-20-7-6-11-25(15-20)31-28(33)19-36-26-12-5-4-10-24(26)17-27-29(34)32(30(35)37-27)18-21-13-14-22-8-2-3-9-23(22)16-21/h2-17H,18-19H2,1H3,(H,31,33)/b27-17-. The lowest BCUT2D eigenvalue weighted by atomic mass is 10.1. The zero-order valence-corrected chi connectivity index (χ0v) is 21.0. The maximum Gasteiger partial charge on any atom is 0.293 e. The Balaban J connectivity index is 1.28. The summed E-state index contributed by atoms with van der Waals surface area (Å²) in [7, 11) is 0. The van der Waals surface area contributed by atoms with Gasteiger partial charge < -0.3 is 10.1 Å². The molecule has 0 spiro atoms. The van der Waals surface area contributed by atoms with Crippen molar-refractivity contribution in [3.8, 4) is 5.75 Å². The summed E-state index contributed by atoms with van der Waals surface area (Å²) in [5.41, 5.74) is 3.23. The van der Waals surface area contributed by atoms with Gasteiger partial charge in [0.2, 0.25) is 0 Å². The first-order valence-electron chi connectivity index (χ1n) is 11.8. The van der Waals surface area contributed by atoms with Crippen molar-refractivity contribution in [1.29, 1.82) is 0 Å². The lowest BCUT2D eigenvalue weighted by molar-refractivity contribution is -0.123. The molecule has 4 aromatic rings. The highest BCUT2D eigenvalue weighted by molar-refractivity contribution is 8.18. The molecule has 0 saturated carbocycles. The van der Waals surface area contributed by atoms with Crippen LogP contribution in [-0.4, -0.2) is 28.6 Å². The number of para-hydroxylation sites is 1. The minimum Gasteiger partial charge on any atom is -0.483 e. The molecular weight excluding hydrogens is 484 g/mol.